The highest BCUT2D eigenvalue weighted by molar-refractivity contribution is 6.62. The van der Waals surface area contributed by atoms with Gasteiger partial charge in [-0.25, -0.2) is 0 Å². The lowest BCUT2D eigenvalue weighted by Crippen LogP contribution is -2.41. The first-order valence-corrected chi connectivity index (χ1v) is 12.0. The molecule has 1 aliphatic heterocycles. The lowest BCUT2D eigenvalue weighted by Gasteiger charge is -2.32. The maximum atomic E-state index is 6.26. The summed E-state index contributed by atoms with van der Waals surface area (Å²) in [7, 11) is -0.417. The van der Waals surface area contributed by atoms with Gasteiger partial charge in [-0.15, -0.1) is 0 Å². The van der Waals surface area contributed by atoms with E-state index < -0.39 is 7.12 Å². The Morgan fingerprint density at radius 1 is 0.571 bits per heavy atom. The van der Waals surface area contributed by atoms with Crippen LogP contribution >= 0.6 is 0 Å². The minimum atomic E-state index is -0.417. The van der Waals surface area contributed by atoms with E-state index in [-0.39, 0.29) is 11.2 Å². The number of hydrogen-bond acceptors (Lipinski definition) is 4. The zero-order chi connectivity index (χ0) is 23.9. The molecule has 4 nitrogen and oxygen atoms in total. The molecule has 0 bridgehead atoms. The zero-order valence-corrected chi connectivity index (χ0v) is 20.2. The van der Waals surface area contributed by atoms with Crippen LogP contribution in [0.5, 0.6) is 0 Å². The van der Waals surface area contributed by atoms with Gasteiger partial charge in [-0.05, 0) is 74.6 Å². The maximum absolute atomic E-state index is 6.26. The first-order chi connectivity index (χ1) is 16.8. The molecule has 0 aliphatic carbocycles. The molecule has 6 aromatic rings. The summed E-state index contributed by atoms with van der Waals surface area (Å²) in [5.41, 5.74) is 5.97. The van der Waals surface area contributed by atoms with Crippen LogP contribution < -0.4 is 5.46 Å². The number of fused-ring (bicyclic) bond motifs is 6. The highest BCUT2D eigenvalue weighted by atomic mass is 16.7. The molecule has 4 aromatic carbocycles. The zero-order valence-electron chi connectivity index (χ0n) is 20.2. The number of para-hydroxylation sites is 1. The van der Waals surface area contributed by atoms with Crippen LogP contribution in [-0.4, -0.2) is 18.3 Å². The van der Waals surface area contributed by atoms with Crippen molar-refractivity contribution in [2.45, 2.75) is 38.9 Å². The van der Waals surface area contributed by atoms with Crippen molar-refractivity contribution >= 4 is 56.5 Å². The van der Waals surface area contributed by atoms with Crippen LogP contribution in [0.1, 0.15) is 27.7 Å². The van der Waals surface area contributed by atoms with E-state index in [1.165, 1.54) is 0 Å². The first kappa shape index (κ1) is 20.8. The van der Waals surface area contributed by atoms with Crippen LogP contribution in [0, 0.1) is 0 Å². The number of rotatable bonds is 2. The van der Waals surface area contributed by atoms with Crippen LogP contribution in [-0.2, 0) is 9.31 Å². The van der Waals surface area contributed by atoms with Crippen molar-refractivity contribution < 1.29 is 18.1 Å². The van der Waals surface area contributed by atoms with Gasteiger partial charge in [-0.1, -0.05) is 48.5 Å². The summed E-state index contributed by atoms with van der Waals surface area (Å²) in [6.45, 7) is 8.27. The number of benzene rings is 4. The Morgan fingerprint density at radius 2 is 1.29 bits per heavy atom. The van der Waals surface area contributed by atoms with Gasteiger partial charge in [0.2, 0.25) is 0 Å². The monoisotopic (exact) mass is 460 g/mol. The Bertz CT molecular complexity index is 1760. The van der Waals surface area contributed by atoms with Gasteiger partial charge in [-0.3, -0.25) is 0 Å². The molecule has 7 rings (SSSR count). The van der Waals surface area contributed by atoms with Gasteiger partial charge >= 0.3 is 7.12 Å². The van der Waals surface area contributed by atoms with Gasteiger partial charge in [0.05, 0.1) is 11.2 Å². The van der Waals surface area contributed by atoms with Gasteiger partial charge in [0.25, 0.3) is 0 Å². The van der Waals surface area contributed by atoms with Gasteiger partial charge in [0.15, 0.2) is 0 Å². The average Bonchev–Trinajstić information content (AvgIpc) is 3.46. The topological polar surface area (TPSA) is 44.7 Å². The molecule has 172 valence electrons. The lowest BCUT2D eigenvalue weighted by atomic mass is 9.79. The number of hydrogen-bond donors (Lipinski definition) is 0. The van der Waals surface area contributed by atoms with Crippen LogP contribution in [0.4, 0.5) is 0 Å². The molecule has 3 heterocycles. The predicted molar refractivity (Wildman–Crippen MR) is 142 cm³/mol. The van der Waals surface area contributed by atoms with Crippen molar-refractivity contribution in [1.82, 2.24) is 0 Å². The largest absolute Gasteiger partial charge is 0.494 e. The average molecular weight is 460 g/mol. The molecular formula is C30H25BO4. The smallest absolute Gasteiger partial charge is 0.456 e. The summed E-state index contributed by atoms with van der Waals surface area (Å²) in [6.07, 6.45) is 0. The third kappa shape index (κ3) is 3.02. The van der Waals surface area contributed by atoms with Crippen molar-refractivity contribution in [3.63, 3.8) is 0 Å². The fraction of sp³-hybridized carbons (Fsp3) is 0.200. The molecule has 0 unspecified atom stereocenters. The van der Waals surface area contributed by atoms with Crippen LogP contribution in [0.2, 0.25) is 0 Å². The van der Waals surface area contributed by atoms with Crippen molar-refractivity contribution in [1.29, 1.82) is 0 Å². The molecule has 35 heavy (non-hydrogen) atoms. The molecule has 0 atom stereocenters. The molecule has 2 aromatic heterocycles. The van der Waals surface area contributed by atoms with E-state index in [2.05, 4.69) is 82.3 Å². The highest BCUT2D eigenvalue weighted by Crippen LogP contribution is 2.40. The van der Waals surface area contributed by atoms with Crippen molar-refractivity contribution in [3.05, 3.63) is 78.9 Å². The van der Waals surface area contributed by atoms with E-state index in [1.54, 1.807) is 0 Å². The fourth-order valence-electron chi connectivity index (χ4n) is 5.10. The fourth-order valence-corrected chi connectivity index (χ4v) is 5.10. The second-order valence-electron chi connectivity index (χ2n) is 10.4. The minimum Gasteiger partial charge on any atom is -0.456 e. The molecule has 1 fully saturated rings. The molecule has 0 amide bonds. The Hall–Kier alpha value is -3.54. The molecule has 1 saturated heterocycles. The molecule has 0 N–H and O–H groups in total. The first-order valence-electron chi connectivity index (χ1n) is 12.0. The molecule has 5 heteroatoms. The summed E-state index contributed by atoms with van der Waals surface area (Å²) in [5.74, 6) is 0. The predicted octanol–water partition coefficient (Wildman–Crippen LogP) is 7.45. The van der Waals surface area contributed by atoms with E-state index in [9.17, 15) is 0 Å². The van der Waals surface area contributed by atoms with E-state index >= 15 is 0 Å². The number of furan rings is 2. The van der Waals surface area contributed by atoms with E-state index in [0.29, 0.717) is 0 Å². The van der Waals surface area contributed by atoms with Gasteiger partial charge in [-0.2, -0.15) is 0 Å². The van der Waals surface area contributed by atoms with Crippen LogP contribution in [0.3, 0.4) is 0 Å². The quantitative estimate of drug-likeness (QED) is 0.252. The second kappa shape index (κ2) is 7.00. The second-order valence-corrected chi connectivity index (χ2v) is 10.4. The summed E-state index contributed by atoms with van der Waals surface area (Å²) >= 11 is 0. The molecule has 0 spiro atoms. The lowest BCUT2D eigenvalue weighted by molar-refractivity contribution is 0.00578. The van der Waals surface area contributed by atoms with E-state index in [0.717, 1.165) is 60.5 Å². The van der Waals surface area contributed by atoms with Crippen molar-refractivity contribution in [2.24, 2.45) is 0 Å². The van der Waals surface area contributed by atoms with Gasteiger partial charge in [0.1, 0.15) is 22.3 Å². The Morgan fingerprint density at radius 3 is 2.11 bits per heavy atom. The Balaban J connectivity index is 1.36. The Labute approximate surface area is 203 Å². The van der Waals surface area contributed by atoms with Crippen LogP contribution in [0.15, 0.2) is 87.7 Å². The van der Waals surface area contributed by atoms with Crippen molar-refractivity contribution in [3.8, 4) is 11.1 Å². The molecule has 0 radical (unpaired) electrons. The third-order valence-corrected chi connectivity index (χ3v) is 7.73. The summed E-state index contributed by atoms with van der Waals surface area (Å²) < 4.78 is 24.9. The maximum Gasteiger partial charge on any atom is 0.494 e. The molecular weight excluding hydrogens is 435 g/mol. The van der Waals surface area contributed by atoms with Crippen molar-refractivity contribution in [2.75, 3.05) is 0 Å². The Kier molecular flexibility index (Phi) is 4.16. The third-order valence-electron chi connectivity index (χ3n) is 7.73. The van der Waals surface area contributed by atoms with E-state index in [1.807, 2.05) is 24.3 Å². The SMILES string of the molecule is CC1(C)OB(c2ccc3c(c2)oc2ccc(-c4cccc5oc6ccccc6c45)cc23)OC1(C)C. The molecule has 1 aliphatic rings. The van der Waals surface area contributed by atoms with Gasteiger partial charge in [0, 0.05) is 21.5 Å². The van der Waals surface area contributed by atoms with Crippen LogP contribution in [0.25, 0.3) is 55.0 Å². The van der Waals surface area contributed by atoms with Gasteiger partial charge < -0.3 is 18.1 Å². The normalized spacial score (nSPS) is 17.3. The standard InChI is InChI=1S/C30H25BO4/c1-29(2)30(3,4)35-31(34-29)19-13-14-21-23-16-18(12-15-25(23)33-27(21)17-19)20-9-7-11-26-28(20)22-8-5-6-10-24(22)32-26/h5-17H,1-4H3. The summed E-state index contributed by atoms with van der Waals surface area (Å²) in [6, 6.07) is 27.1. The highest BCUT2D eigenvalue weighted by Gasteiger charge is 2.51. The molecule has 0 saturated carbocycles. The summed E-state index contributed by atoms with van der Waals surface area (Å²) in [5, 5.41) is 4.43. The van der Waals surface area contributed by atoms with E-state index in [4.69, 9.17) is 18.1 Å². The minimum absolute atomic E-state index is 0.381. The summed E-state index contributed by atoms with van der Waals surface area (Å²) in [4.78, 5) is 0.